The predicted molar refractivity (Wildman–Crippen MR) is 203 cm³/mol. The standard InChI is InChI=1S/C40H53ClN4O6S/c1-27-5-3-14-40(47,25-43-15-16-44-17-18-50-23-33(44)22-43)35-10-7-31(35)21-45-24-39(13-4-6-29-19-32(41)9-11-34(29)39)26-51-37-12-8-30(20-36(37)45)38(46)42-52(48,49)28(27)2/h3,8-9,11-12,14,19-20,27-28,31,33,35,47H,4-7,10,13,15-18,21-26H2,1-2H3,(H,42,46)/b14-3+/t27-,28+,31-,33-,35+,39-,40-/m0/s1. The molecule has 0 unspecified atom stereocenters. The number of piperazine rings is 1. The molecule has 1 amide bonds. The molecular weight excluding hydrogens is 700 g/mol. The van der Waals surface area contributed by atoms with Gasteiger partial charge in [-0.25, -0.2) is 13.1 Å². The summed E-state index contributed by atoms with van der Waals surface area (Å²) in [6, 6.07) is 11.8. The Kier molecular flexibility index (Phi) is 9.91. The summed E-state index contributed by atoms with van der Waals surface area (Å²) < 4.78 is 42.0. The third-order valence-electron chi connectivity index (χ3n) is 13.3. The van der Waals surface area contributed by atoms with Crippen molar-refractivity contribution >= 4 is 33.2 Å². The summed E-state index contributed by atoms with van der Waals surface area (Å²) in [6.45, 7) is 11.0. The number of ether oxygens (including phenoxy) is 2. The first-order chi connectivity index (χ1) is 24.9. The molecule has 2 aliphatic carbocycles. The number of nitrogens with one attached hydrogen (secondary N) is 1. The number of rotatable bonds is 2. The molecule has 0 aromatic heterocycles. The van der Waals surface area contributed by atoms with E-state index in [1.165, 1.54) is 11.1 Å². The zero-order valence-corrected chi connectivity index (χ0v) is 32.0. The van der Waals surface area contributed by atoms with E-state index in [2.05, 4.69) is 31.6 Å². The first kappa shape index (κ1) is 36.3. The molecule has 4 aliphatic heterocycles. The van der Waals surface area contributed by atoms with Gasteiger partial charge in [0.05, 0.1) is 36.4 Å². The van der Waals surface area contributed by atoms with Gasteiger partial charge in [-0.15, -0.1) is 0 Å². The molecule has 3 fully saturated rings. The van der Waals surface area contributed by atoms with Gasteiger partial charge in [-0.3, -0.25) is 14.6 Å². The van der Waals surface area contributed by atoms with E-state index in [0.29, 0.717) is 51.1 Å². The van der Waals surface area contributed by atoms with Crippen molar-refractivity contribution in [2.45, 2.75) is 74.7 Å². The lowest BCUT2D eigenvalue weighted by Crippen LogP contribution is -2.62. The predicted octanol–water partition coefficient (Wildman–Crippen LogP) is 4.63. The second-order valence-corrected chi connectivity index (χ2v) is 19.0. The Morgan fingerprint density at radius 2 is 1.94 bits per heavy atom. The Hall–Kier alpha value is -2.67. The molecule has 1 spiro atoms. The van der Waals surface area contributed by atoms with E-state index in [0.717, 1.165) is 75.6 Å². The molecule has 2 aromatic rings. The van der Waals surface area contributed by atoms with Crippen LogP contribution in [0.4, 0.5) is 5.69 Å². The minimum absolute atomic E-state index is 0.0151. The number of β-amino-alcohol motifs (C(OH)–C–C–N with tert-alkyl or cyclic N) is 1. The van der Waals surface area contributed by atoms with Gasteiger partial charge < -0.3 is 19.5 Å². The summed E-state index contributed by atoms with van der Waals surface area (Å²) in [4.78, 5) is 20.9. The fourth-order valence-electron chi connectivity index (χ4n) is 9.86. The van der Waals surface area contributed by atoms with Gasteiger partial charge in [0.15, 0.2) is 0 Å². The molecule has 7 atom stereocenters. The van der Waals surface area contributed by atoms with E-state index < -0.39 is 26.8 Å². The third-order valence-corrected chi connectivity index (χ3v) is 15.4. The van der Waals surface area contributed by atoms with Gasteiger partial charge in [0, 0.05) is 67.9 Å². The lowest BCUT2D eigenvalue weighted by molar-refractivity contribution is -0.0902. The highest BCUT2D eigenvalue weighted by atomic mass is 35.5. The minimum atomic E-state index is -3.98. The molecular formula is C40H53ClN4O6S. The van der Waals surface area contributed by atoms with Crippen LogP contribution >= 0.6 is 11.6 Å². The summed E-state index contributed by atoms with van der Waals surface area (Å²) in [6.07, 6.45) is 9.26. The van der Waals surface area contributed by atoms with Gasteiger partial charge in [0.1, 0.15) is 5.75 Å². The second kappa shape index (κ2) is 14.2. The van der Waals surface area contributed by atoms with Crippen LogP contribution in [-0.2, 0) is 26.6 Å². The third kappa shape index (κ3) is 6.90. The zero-order valence-electron chi connectivity index (χ0n) is 30.4. The molecule has 6 aliphatic rings. The number of aliphatic hydroxyl groups is 1. The average molecular weight is 753 g/mol. The Morgan fingerprint density at radius 3 is 2.77 bits per heavy atom. The van der Waals surface area contributed by atoms with Crippen molar-refractivity contribution in [1.29, 1.82) is 0 Å². The quantitative estimate of drug-likeness (QED) is 0.425. The van der Waals surface area contributed by atoms with Crippen LogP contribution in [0, 0.1) is 17.8 Å². The van der Waals surface area contributed by atoms with Gasteiger partial charge >= 0.3 is 0 Å². The van der Waals surface area contributed by atoms with Crippen LogP contribution in [0.25, 0.3) is 0 Å². The van der Waals surface area contributed by atoms with Crippen LogP contribution in [0.15, 0.2) is 48.6 Å². The van der Waals surface area contributed by atoms with E-state index >= 15 is 0 Å². The van der Waals surface area contributed by atoms with Crippen LogP contribution in [0.3, 0.4) is 0 Å². The van der Waals surface area contributed by atoms with Gasteiger partial charge in [0.2, 0.25) is 10.0 Å². The Morgan fingerprint density at radius 1 is 1.08 bits per heavy atom. The molecule has 2 aromatic carbocycles. The number of benzene rings is 2. The summed E-state index contributed by atoms with van der Waals surface area (Å²) in [5, 5.41) is 12.7. The SMILES string of the molecule is C[C@@H]1[C@@H](C)C/C=C/[C@](O)(CN2CCN3CCOC[C@@H]3C2)[C@@H]2CC[C@H]2CN2C[C@@]3(CCCc4cc(Cl)ccc43)COc3ccc(cc32)C(=O)NS1(=O)=O. The lowest BCUT2D eigenvalue weighted by Gasteiger charge is -2.51. The van der Waals surface area contributed by atoms with Gasteiger partial charge in [-0.1, -0.05) is 36.7 Å². The summed E-state index contributed by atoms with van der Waals surface area (Å²) in [5.74, 6) is -0.0210. The first-order valence-electron chi connectivity index (χ1n) is 19.2. The van der Waals surface area contributed by atoms with Crippen molar-refractivity contribution in [2.75, 3.05) is 70.5 Å². The number of halogens is 1. The van der Waals surface area contributed by atoms with Crippen LogP contribution in [-0.4, -0.2) is 112 Å². The van der Waals surface area contributed by atoms with Crippen molar-refractivity contribution < 1.29 is 27.8 Å². The zero-order chi connectivity index (χ0) is 36.3. The molecule has 4 heterocycles. The number of sulfonamides is 1. The fourth-order valence-corrected chi connectivity index (χ4v) is 11.3. The minimum Gasteiger partial charge on any atom is -0.490 e. The molecule has 2 N–H and O–H groups in total. The number of amides is 1. The number of anilines is 1. The summed E-state index contributed by atoms with van der Waals surface area (Å²) in [7, 11) is -3.98. The first-order valence-corrected chi connectivity index (χ1v) is 21.2. The van der Waals surface area contributed by atoms with E-state index in [4.69, 9.17) is 21.1 Å². The largest absolute Gasteiger partial charge is 0.490 e. The maximum Gasteiger partial charge on any atom is 0.264 e. The highest BCUT2D eigenvalue weighted by molar-refractivity contribution is 7.90. The number of hydrogen-bond donors (Lipinski definition) is 2. The van der Waals surface area contributed by atoms with Gasteiger partial charge in [-0.05, 0) is 105 Å². The smallest absolute Gasteiger partial charge is 0.264 e. The lowest BCUT2D eigenvalue weighted by atomic mass is 9.63. The van der Waals surface area contributed by atoms with E-state index in [-0.39, 0.29) is 28.7 Å². The fraction of sp³-hybridized carbons (Fsp3) is 0.625. The van der Waals surface area contributed by atoms with Crippen molar-refractivity contribution in [2.24, 2.45) is 17.8 Å². The summed E-state index contributed by atoms with van der Waals surface area (Å²) in [5.41, 5.74) is 2.18. The van der Waals surface area contributed by atoms with Crippen molar-refractivity contribution in [1.82, 2.24) is 14.5 Å². The van der Waals surface area contributed by atoms with E-state index in [9.17, 15) is 18.3 Å². The molecule has 8 rings (SSSR count). The monoisotopic (exact) mass is 752 g/mol. The number of nitrogens with zero attached hydrogens (tertiary/aromatic N) is 3. The number of fused-ring (bicyclic) bond motifs is 5. The van der Waals surface area contributed by atoms with E-state index in [1.54, 1.807) is 19.1 Å². The molecule has 282 valence electrons. The number of carbonyl (C=O) groups excluding carboxylic acids is 1. The van der Waals surface area contributed by atoms with Crippen LogP contribution in [0.2, 0.25) is 5.02 Å². The van der Waals surface area contributed by atoms with Crippen LogP contribution in [0.1, 0.15) is 67.4 Å². The van der Waals surface area contributed by atoms with Crippen molar-refractivity contribution in [3.05, 3.63) is 70.3 Å². The number of carbonyl (C=O) groups is 1. The highest BCUT2D eigenvalue weighted by Gasteiger charge is 2.49. The molecule has 12 heteroatoms. The molecule has 0 radical (unpaired) electrons. The molecule has 2 saturated heterocycles. The molecule has 2 bridgehead atoms. The van der Waals surface area contributed by atoms with Crippen LogP contribution < -0.4 is 14.4 Å². The average Bonchev–Trinajstić information content (AvgIpc) is 3.25. The Bertz CT molecular complexity index is 1820. The Balaban J connectivity index is 1.17. The van der Waals surface area contributed by atoms with Gasteiger partial charge in [0.25, 0.3) is 5.91 Å². The normalized spacial score (nSPS) is 35.9. The Labute approximate surface area is 313 Å². The number of aryl methyl sites for hydroxylation is 1. The van der Waals surface area contributed by atoms with Gasteiger partial charge in [-0.2, -0.15) is 0 Å². The topological polar surface area (TPSA) is 112 Å². The highest BCUT2D eigenvalue weighted by Crippen LogP contribution is 2.48. The van der Waals surface area contributed by atoms with Crippen molar-refractivity contribution in [3.63, 3.8) is 0 Å². The summed E-state index contributed by atoms with van der Waals surface area (Å²) >= 11 is 6.48. The second-order valence-electron chi connectivity index (χ2n) is 16.5. The molecule has 1 saturated carbocycles. The van der Waals surface area contributed by atoms with Crippen LogP contribution in [0.5, 0.6) is 5.75 Å². The van der Waals surface area contributed by atoms with Crippen molar-refractivity contribution in [3.8, 4) is 5.75 Å². The number of morpholine rings is 1. The maximum atomic E-state index is 13.6. The number of hydrogen-bond acceptors (Lipinski definition) is 9. The molecule has 10 nitrogen and oxygen atoms in total. The maximum absolute atomic E-state index is 13.6. The van der Waals surface area contributed by atoms with E-state index in [1.807, 2.05) is 31.2 Å². The number of allylic oxidation sites excluding steroid dienone is 1. The molecule has 52 heavy (non-hydrogen) atoms.